The summed E-state index contributed by atoms with van der Waals surface area (Å²) in [5.74, 6) is -0.516. The van der Waals surface area contributed by atoms with E-state index in [-0.39, 0.29) is 11.4 Å². The number of hydrogen-bond acceptors (Lipinski definition) is 3. The number of fused-ring (bicyclic) bond motifs is 1. The zero-order valence-electron chi connectivity index (χ0n) is 13.8. The highest BCUT2D eigenvalue weighted by atomic mass is 32.2. The molecule has 2 aromatic carbocycles. The largest absolute Gasteiger partial charge is 0.418 e. The standard InChI is InChI=1S/C19H15F3N2OS/c1-12-9-10-13-5-4-8-16(18(13)23-12)26-11-17(25)24-15-7-3-2-6-14(15)19(20,21)22/h2-10H,11H2,1H3,(H,24,25). The molecule has 1 aromatic heterocycles. The van der Waals surface area contributed by atoms with Gasteiger partial charge in [0.25, 0.3) is 0 Å². The second kappa shape index (κ2) is 7.37. The molecule has 7 heteroatoms. The lowest BCUT2D eigenvalue weighted by Crippen LogP contribution is -2.18. The normalized spacial score (nSPS) is 11.5. The predicted molar refractivity (Wildman–Crippen MR) is 97.3 cm³/mol. The number of carbonyl (C=O) groups excluding carboxylic acids is 1. The fraction of sp³-hybridized carbons (Fsp3) is 0.158. The molecule has 0 bridgehead atoms. The van der Waals surface area contributed by atoms with E-state index in [2.05, 4.69) is 10.3 Å². The second-order valence-corrected chi connectivity index (χ2v) is 6.68. The van der Waals surface area contributed by atoms with Crippen molar-refractivity contribution in [3.63, 3.8) is 0 Å². The van der Waals surface area contributed by atoms with Gasteiger partial charge in [-0.2, -0.15) is 13.2 Å². The first-order chi connectivity index (χ1) is 12.3. The molecule has 0 aliphatic carbocycles. The zero-order valence-corrected chi connectivity index (χ0v) is 14.6. The molecule has 0 radical (unpaired) electrons. The molecule has 0 atom stereocenters. The van der Waals surface area contributed by atoms with Crippen molar-refractivity contribution in [3.8, 4) is 0 Å². The molecule has 3 aromatic rings. The maximum atomic E-state index is 13.0. The lowest BCUT2D eigenvalue weighted by atomic mass is 10.1. The van der Waals surface area contributed by atoms with E-state index in [9.17, 15) is 18.0 Å². The molecule has 3 rings (SSSR count). The molecule has 0 fully saturated rings. The number of amides is 1. The van der Waals surface area contributed by atoms with Gasteiger partial charge in [0, 0.05) is 16.0 Å². The number of pyridine rings is 1. The average Bonchev–Trinajstić information content (AvgIpc) is 2.59. The summed E-state index contributed by atoms with van der Waals surface area (Å²) >= 11 is 1.24. The van der Waals surface area contributed by atoms with Crippen LogP contribution in [0.1, 0.15) is 11.3 Å². The summed E-state index contributed by atoms with van der Waals surface area (Å²) in [5, 5.41) is 3.29. The van der Waals surface area contributed by atoms with Crippen molar-refractivity contribution in [1.82, 2.24) is 4.98 Å². The minimum Gasteiger partial charge on any atom is -0.325 e. The van der Waals surface area contributed by atoms with Crippen molar-refractivity contribution in [2.75, 3.05) is 11.1 Å². The Balaban J connectivity index is 1.74. The number of halogens is 3. The summed E-state index contributed by atoms with van der Waals surface area (Å²) < 4.78 is 39.0. The van der Waals surface area contributed by atoms with Crippen molar-refractivity contribution in [1.29, 1.82) is 0 Å². The van der Waals surface area contributed by atoms with Crippen molar-refractivity contribution >= 4 is 34.3 Å². The maximum absolute atomic E-state index is 13.0. The van der Waals surface area contributed by atoms with Crippen LogP contribution >= 0.6 is 11.8 Å². The smallest absolute Gasteiger partial charge is 0.325 e. The first-order valence-corrected chi connectivity index (χ1v) is 8.78. The molecule has 134 valence electrons. The number of alkyl halides is 3. The molecule has 1 amide bonds. The van der Waals surface area contributed by atoms with E-state index in [0.717, 1.165) is 27.6 Å². The van der Waals surface area contributed by atoms with E-state index < -0.39 is 17.6 Å². The SMILES string of the molecule is Cc1ccc2cccc(SCC(=O)Nc3ccccc3C(F)(F)F)c2n1. The summed E-state index contributed by atoms with van der Waals surface area (Å²) in [4.78, 5) is 17.4. The number of carbonyl (C=O) groups is 1. The third-order valence-corrected chi connectivity index (χ3v) is 4.73. The van der Waals surface area contributed by atoms with Gasteiger partial charge in [-0.05, 0) is 31.2 Å². The topological polar surface area (TPSA) is 42.0 Å². The molecule has 26 heavy (non-hydrogen) atoms. The molecule has 0 spiro atoms. The van der Waals surface area contributed by atoms with Crippen molar-refractivity contribution in [2.45, 2.75) is 18.0 Å². The minimum atomic E-state index is -4.52. The zero-order chi connectivity index (χ0) is 18.7. The Bertz CT molecular complexity index is 957. The molecule has 0 saturated heterocycles. The van der Waals surface area contributed by atoms with Gasteiger partial charge in [0.1, 0.15) is 0 Å². The highest BCUT2D eigenvalue weighted by Gasteiger charge is 2.33. The number of aryl methyl sites for hydroxylation is 1. The van der Waals surface area contributed by atoms with Crippen molar-refractivity contribution in [3.05, 3.63) is 65.9 Å². The van der Waals surface area contributed by atoms with Gasteiger partial charge in [0.15, 0.2) is 0 Å². The van der Waals surface area contributed by atoms with Gasteiger partial charge >= 0.3 is 6.18 Å². The molecule has 1 heterocycles. The van der Waals surface area contributed by atoms with Crippen LogP contribution in [-0.2, 0) is 11.0 Å². The number of aromatic nitrogens is 1. The van der Waals surface area contributed by atoms with E-state index in [0.29, 0.717) is 0 Å². The molecular weight excluding hydrogens is 361 g/mol. The number of para-hydroxylation sites is 2. The van der Waals surface area contributed by atoms with Crippen LogP contribution in [0.3, 0.4) is 0 Å². The predicted octanol–water partition coefficient (Wildman–Crippen LogP) is 5.29. The monoisotopic (exact) mass is 376 g/mol. The number of benzene rings is 2. The Morgan fingerprint density at radius 2 is 1.85 bits per heavy atom. The molecule has 0 saturated carbocycles. The van der Waals surface area contributed by atoms with E-state index in [4.69, 9.17) is 0 Å². The first-order valence-electron chi connectivity index (χ1n) is 7.80. The van der Waals surface area contributed by atoms with Gasteiger partial charge in [-0.25, -0.2) is 0 Å². The van der Waals surface area contributed by atoms with Crippen molar-refractivity contribution < 1.29 is 18.0 Å². The Morgan fingerprint density at radius 3 is 2.62 bits per heavy atom. The Hall–Kier alpha value is -2.54. The van der Waals surface area contributed by atoms with E-state index in [1.807, 2.05) is 37.3 Å². The first kappa shape index (κ1) is 18.3. The minimum absolute atomic E-state index is 0.0130. The fourth-order valence-electron chi connectivity index (χ4n) is 2.50. The van der Waals surface area contributed by atoms with Gasteiger partial charge in [-0.3, -0.25) is 9.78 Å². The lowest BCUT2D eigenvalue weighted by Gasteiger charge is -2.13. The molecule has 0 unspecified atom stereocenters. The van der Waals surface area contributed by atoms with Crippen LogP contribution in [0, 0.1) is 6.92 Å². The second-order valence-electron chi connectivity index (χ2n) is 5.66. The van der Waals surface area contributed by atoms with E-state index in [1.165, 1.54) is 30.0 Å². The van der Waals surface area contributed by atoms with Gasteiger partial charge in [-0.1, -0.05) is 30.3 Å². The van der Waals surface area contributed by atoms with E-state index in [1.54, 1.807) is 0 Å². The van der Waals surface area contributed by atoms with Crippen LogP contribution in [0.4, 0.5) is 18.9 Å². The molecule has 0 aliphatic rings. The molecule has 1 N–H and O–H groups in total. The summed E-state index contributed by atoms with van der Waals surface area (Å²) in [7, 11) is 0. The Labute approximate surface area is 152 Å². The summed E-state index contributed by atoms with van der Waals surface area (Å²) in [6.45, 7) is 1.88. The lowest BCUT2D eigenvalue weighted by molar-refractivity contribution is -0.137. The number of rotatable bonds is 4. The van der Waals surface area contributed by atoms with Crippen LogP contribution in [0.25, 0.3) is 10.9 Å². The number of nitrogens with zero attached hydrogens (tertiary/aromatic N) is 1. The van der Waals surface area contributed by atoms with Gasteiger partial charge in [0.05, 0.1) is 22.5 Å². The molecular formula is C19H15F3N2OS. The van der Waals surface area contributed by atoms with Crippen molar-refractivity contribution in [2.24, 2.45) is 0 Å². The maximum Gasteiger partial charge on any atom is 0.418 e. The summed E-state index contributed by atoms with van der Waals surface area (Å²) in [5.41, 5.74) is 0.536. The summed E-state index contributed by atoms with van der Waals surface area (Å²) in [6, 6.07) is 14.4. The third-order valence-electron chi connectivity index (χ3n) is 3.69. The van der Waals surface area contributed by atoms with Crippen LogP contribution in [-0.4, -0.2) is 16.6 Å². The van der Waals surface area contributed by atoms with Gasteiger partial charge < -0.3 is 5.32 Å². The van der Waals surface area contributed by atoms with Crippen LogP contribution in [0.15, 0.2) is 59.5 Å². The third kappa shape index (κ3) is 4.16. The summed E-state index contributed by atoms with van der Waals surface area (Å²) in [6.07, 6.45) is -4.52. The number of nitrogens with one attached hydrogen (secondary N) is 1. The molecule has 3 nitrogen and oxygen atoms in total. The average molecular weight is 376 g/mol. The Morgan fingerprint density at radius 1 is 1.08 bits per heavy atom. The van der Waals surface area contributed by atoms with Crippen LogP contribution in [0.2, 0.25) is 0 Å². The van der Waals surface area contributed by atoms with E-state index >= 15 is 0 Å². The Kier molecular flexibility index (Phi) is 5.18. The highest BCUT2D eigenvalue weighted by Crippen LogP contribution is 2.34. The number of thioether (sulfide) groups is 1. The quantitative estimate of drug-likeness (QED) is 0.629. The number of hydrogen-bond donors (Lipinski definition) is 1. The molecule has 0 aliphatic heterocycles. The van der Waals surface area contributed by atoms with Gasteiger partial charge in [-0.15, -0.1) is 11.8 Å². The fourth-order valence-corrected chi connectivity index (χ4v) is 3.34. The van der Waals surface area contributed by atoms with Crippen LogP contribution < -0.4 is 5.32 Å². The highest BCUT2D eigenvalue weighted by molar-refractivity contribution is 8.00. The van der Waals surface area contributed by atoms with Crippen LogP contribution in [0.5, 0.6) is 0 Å². The number of anilines is 1. The van der Waals surface area contributed by atoms with Gasteiger partial charge in [0.2, 0.25) is 5.91 Å².